The first-order valence-corrected chi connectivity index (χ1v) is 11.7. The molecule has 5 rings (SSSR count). The maximum Gasteiger partial charge on any atom is 0.249 e. The summed E-state index contributed by atoms with van der Waals surface area (Å²) in [6.45, 7) is 0.795. The highest BCUT2D eigenvalue weighted by Gasteiger charge is 2.36. The minimum atomic E-state index is -3.79. The first-order chi connectivity index (χ1) is 14.1. The Balaban J connectivity index is 1.62. The second kappa shape index (κ2) is 7.11. The van der Waals surface area contributed by atoms with E-state index in [9.17, 15) is 8.42 Å². The van der Waals surface area contributed by atoms with E-state index in [1.807, 2.05) is 22.8 Å². The van der Waals surface area contributed by atoms with Gasteiger partial charge < -0.3 is 10.3 Å². The summed E-state index contributed by atoms with van der Waals surface area (Å²) in [5, 5.41) is 0. The van der Waals surface area contributed by atoms with Crippen molar-refractivity contribution >= 4 is 27.0 Å². The minimum absolute atomic E-state index is 0.116. The molecule has 1 fully saturated rings. The molecule has 7 nitrogen and oxygen atoms in total. The maximum absolute atomic E-state index is 13.7. The molecule has 8 heteroatoms. The Labute approximate surface area is 170 Å². The highest BCUT2D eigenvalue weighted by atomic mass is 32.2. The van der Waals surface area contributed by atoms with Gasteiger partial charge in [-0.15, -0.1) is 0 Å². The van der Waals surface area contributed by atoms with E-state index < -0.39 is 10.0 Å². The molecule has 0 spiro atoms. The van der Waals surface area contributed by atoms with Crippen LogP contribution in [0, 0.1) is 0 Å². The number of nitrogen functional groups attached to an aromatic ring is 1. The van der Waals surface area contributed by atoms with E-state index in [1.165, 1.54) is 22.5 Å². The lowest BCUT2D eigenvalue weighted by Gasteiger charge is -2.28. The summed E-state index contributed by atoms with van der Waals surface area (Å²) in [6, 6.07) is 8.17. The molecule has 0 atom stereocenters. The number of hydrogen-bond acceptors (Lipinski definition) is 5. The maximum atomic E-state index is 13.7. The molecular formula is C21H25N5O2S. The molecule has 0 saturated heterocycles. The third kappa shape index (κ3) is 3.02. The van der Waals surface area contributed by atoms with Crippen LogP contribution in [-0.4, -0.2) is 33.8 Å². The van der Waals surface area contributed by atoms with Crippen LogP contribution in [0.25, 0.3) is 11.2 Å². The van der Waals surface area contributed by atoms with E-state index in [1.54, 1.807) is 6.20 Å². The van der Waals surface area contributed by atoms with Crippen LogP contribution in [0.2, 0.25) is 0 Å². The van der Waals surface area contributed by atoms with Crippen molar-refractivity contribution in [1.82, 2.24) is 18.8 Å². The smallest absolute Gasteiger partial charge is 0.249 e. The SMILES string of the molecule is Nc1c(S(=O)(=O)N2CCc3ccccc3C2)c2nccnc2n1C1CCCCC1. The minimum Gasteiger partial charge on any atom is -0.384 e. The predicted molar refractivity (Wildman–Crippen MR) is 112 cm³/mol. The van der Waals surface area contributed by atoms with Crippen molar-refractivity contribution in [3.8, 4) is 0 Å². The van der Waals surface area contributed by atoms with Crippen molar-refractivity contribution < 1.29 is 8.42 Å². The number of nitrogens with zero attached hydrogens (tertiary/aromatic N) is 4. The topological polar surface area (TPSA) is 94.1 Å². The van der Waals surface area contributed by atoms with Gasteiger partial charge in [0.05, 0.1) is 0 Å². The zero-order chi connectivity index (χ0) is 20.0. The summed E-state index contributed by atoms with van der Waals surface area (Å²) in [5.74, 6) is 0.275. The van der Waals surface area contributed by atoms with E-state index >= 15 is 0 Å². The molecular weight excluding hydrogens is 386 g/mol. The summed E-state index contributed by atoms with van der Waals surface area (Å²) in [7, 11) is -3.79. The zero-order valence-corrected chi connectivity index (χ0v) is 17.1. The molecule has 3 heterocycles. The molecule has 3 aromatic rings. The molecule has 2 aromatic heterocycles. The van der Waals surface area contributed by atoms with Gasteiger partial charge in [-0.05, 0) is 30.4 Å². The van der Waals surface area contributed by atoms with Crippen LogP contribution in [0.15, 0.2) is 41.6 Å². The van der Waals surface area contributed by atoms with Gasteiger partial charge in [0.2, 0.25) is 10.0 Å². The number of hydrogen-bond donors (Lipinski definition) is 1. The number of aromatic nitrogens is 3. The predicted octanol–water partition coefficient (Wildman–Crippen LogP) is 3.27. The van der Waals surface area contributed by atoms with Crippen molar-refractivity contribution in [3.05, 3.63) is 47.8 Å². The fraction of sp³-hybridized carbons (Fsp3) is 0.429. The van der Waals surface area contributed by atoms with Crippen molar-refractivity contribution in [1.29, 1.82) is 0 Å². The molecule has 0 amide bonds. The standard InChI is InChI=1S/C21H25N5O2S/c22-20-19(29(27,28)25-13-10-15-6-4-5-7-16(15)14-25)18-21(24-12-11-23-18)26(20)17-8-2-1-3-9-17/h4-7,11-12,17H,1-3,8-10,13-14,22H2. The van der Waals surface area contributed by atoms with Crippen LogP contribution >= 0.6 is 0 Å². The van der Waals surface area contributed by atoms with Gasteiger partial charge in [-0.2, -0.15) is 4.31 Å². The molecule has 0 unspecified atom stereocenters. The lowest BCUT2D eigenvalue weighted by Crippen LogP contribution is -2.36. The van der Waals surface area contributed by atoms with Crippen LogP contribution in [0.5, 0.6) is 0 Å². The number of fused-ring (bicyclic) bond motifs is 2. The second-order valence-corrected chi connectivity index (χ2v) is 9.84. The molecule has 1 aromatic carbocycles. The Hall–Kier alpha value is -2.45. The number of benzene rings is 1. The first-order valence-electron chi connectivity index (χ1n) is 10.2. The summed E-state index contributed by atoms with van der Waals surface area (Å²) in [5.41, 5.74) is 9.72. The monoisotopic (exact) mass is 411 g/mol. The average molecular weight is 412 g/mol. The van der Waals surface area contributed by atoms with Crippen LogP contribution in [0.4, 0.5) is 5.82 Å². The Bertz CT molecular complexity index is 1170. The largest absolute Gasteiger partial charge is 0.384 e. The van der Waals surface area contributed by atoms with Gasteiger partial charge in [0.1, 0.15) is 11.3 Å². The third-order valence-electron chi connectivity index (χ3n) is 6.25. The fourth-order valence-electron chi connectivity index (χ4n) is 4.78. The average Bonchev–Trinajstić information content (AvgIpc) is 3.06. The van der Waals surface area contributed by atoms with Crippen molar-refractivity contribution in [2.24, 2.45) is 0 Å². The van der Waals surface area contributed by atoms with E-state index in [0.717, 1.165) is 31.2 Å². The summed E-state index contributed by atoms with van der Waals surface area (Å²) < 4.78 is 30.8. The third-order valence-corrected chi connectivity index (χ3v) is 8.16. The lowest BCUT2D eigenvalue weighted by atomic mass is 9.95. The molecule has 29 heavy (non-hydrogen) atoms. The number of anilines is 1. The fourth-order valence-corrected chi connectivity index (χ4v) is 6.43. The summed E-state index contributed by atoms with van der Waals surface area (Å²) in [4.78, 5) is 8.98. The number of sulfonamides is 1. The zero-order valence-electron chi connectivity index (χ0n) is 16.3. The number of rotatable bonds is 3. The van der Waals surface area contributed by atoms with Crippen LogP contribution in [0.3, 0.4) is 0 Å². The second-order valence-electron chi connectivity index (χ2n) is 7.96. The van der Waals surface area contributed by atoms with E-state index in [2.05, 4.69) is 16.0 Å². The molecule has 2 aliphatic rings. The highest BCUT2D eigenvalue weighted by molar-refractivity contribution is 7.89. The van der Waals surface area contributed by atoms with Gasteiger partial charge in [-0.1, -0.05) is 43.5 Å². The Kier molecular flexibility index (Phi) is 4.55. The van der Waals surface area contributed by atoms with E-state index in [0.29, 0.717) is 30.7 Å². The van der Waals surface area contributed by atoms with Gasteiger partial charge >= 0.3 is 0 Å². The van der Waals surface area contributed by atoms with E-state index in [-0.39, 0.29) is 16.8 Å². The molecule has 0 radical (unpaired) electrons. The van der Waals surface area contributed by atoms with Crippen LogP contribution in [0.1, 0.15) is 49.3 Å². The Morgan fingerprint density at radius 2 is 1.72 bits per heavy atom. The van der Waals surface area contributed by atoms with Crippen molar-refractivity contribution in [2.45, 2.75) is 56.0 Å². The van der Waals surface area contributed by atoms with Gasteiger partial charge in [0, 0.05) is 31.5 Å². The first kappa shape index (κ1) is 18.6. The van der Waals surface area contributed by atoms with Crippen LogP contribution < -0.4 is 5.73 Å². The molecule has 2 N–H and O–H groups in total. The van der Waals surface area contributed by atoms with Crippen molar-refractivity contribution in [2.75, 3.05) is 12.3 Å². The van der Waals surface area contributed by atoms with Crippen LogP contribution in [-0.2, 0) is 23.0 Å². The van der Waals surface area contributed by atoms with Gasteiger partial charge in [0.25, 0.3) is 0 Å². The molecule has 1 saturated carbocycles. The Morgan fingerprint density at radius 1 is 1.00 bits per heavy atom. The van der Waals surface area contributed by atoms with Gasteiger partial charge in [-0.3, -0.25) is 0 Å². The highest BCUT2D eigenvalue weighted by Crippen LogP contribution is 2.39. The normalized spacial score (nSPS) is 18.8. The molecule has 1 aliphatic carbocycles. The van der Waals surface area contributed by atoms with Gasteiger partial charge in [0.15, 0.2) is 10.5 Å². The van der Waals surface area contributed by atoms with E-state index in [4.69, 9.17) is 5.73 Å². The molecule has 1 aliphatic heterocycles. The van der Waals surface area contributed by atoms with Crippen molar-refractivity contribution in [3.63, 3.8) is 0 Å². The summed E-state index contributed by atoms with van der Waals surface area (Å²) in [6.07, 6.45) is 9.26. The summed E-state index contributed by atoms with van der Waals surface area (Å²) >= 11 is 0. The molecule has 0 bridgehead atoms. The molecule has 152 valence electrons. The number of nitrogens with two attached hydrogens (primary N) is 1. The van der Waals surface area contributed by atoms with Gasteiger partial charge in [-0.25, -0.2) is 18.4 Å². The lowest BCUT2D eigenvalue weighted by molar-refractivity contribution is 0.361. The Morgan fingerprint density at radius 3 is 2.52 bits per heavy atom. The quantitative estimate of drug-likeness (QED) is 0.714.